The number of hydrogen-bond acceptors (Lipinski definition) is 4. The van der Waals surface area contributed by atoms with Crippen LogP contribution in [0.25, 0.3) is 0 Å². The number of rotatable bonds is 3. The van der Waals surface area contributed by atoms with E-state index in [2.05, 4.69) is 16.3 Å². The zero-order valence-electron chi connectivity index (χ0n) is 11.9. The largest absolute Gasteiger partial charge is 0.375 e. The van der Waals surface area contributed by atoms with Crippen LogP contribution in [0.4, 0.5) is 5.69 Å². The predicted octanol–water partition coefficient (Wildman–Crippen LogP) is 1.75. The van der Waals surface area contributed by atoms with Gasteiger partial charge in [0.2, 0.25) is 5.91 Å². The number of amides is 1. The summed E-state index contributed by atoms with van der Waals surface area (Å²) in [6.07, 6.45) is 3.69. The van der Waals surface area contributed by atoms with E-state index in [-0.39, 0.29) is 5.91 Å². The first-order chi connectivity index (χ1) is 10.3. The van der Waals surface area contributed by atoms with Crippen molar-refractivity contribution < 1.29 is 9.53 Å². The Morgan fingerprint density at radius 3 is 3.24 bits per heavy atom. The van der Waals surface area contributed by atoms with Gasteiger partial charge in [-0.05, 0) is 37.5 Å². The highest BCUT2D eigenvalue weighted by atomic mass is 16.5. The van der Waals surface area contributed by atoms with E-state index in [4.69, 9.17) is 10.00 Å². The monoisotopic (exact) mass is 285 g/mol. The SMILES string of the molecule is N#Cc1cccc(NC(=O)CN2CCOC3CCCC32)c1. The summed E-state index contributed by atoms with van der Waals surface area (Å²) in [6.45, 7) is 1.91. The predicted molar refractivity (Wildman–Crippen MR) is 78.7 cm³/mol. The molecule has 1 aromatic carbocycles. The standard InChI is InChI=1S/C16H19N3O2/c17-10-12-3-1-4-13(9-12)18-16(20)11-19-7-8-21-15-6-2-5-14(15)19/h1,3-4,9,14-15H,2,5-8,11H2,(H,18,20). The van der Waals surface area contributed by atoms with E-state index in [1.165, 1.54) is 6.42 Å². The van der Waals surface area contributed by atoms with Crippen LogP contribution in [0, 0.1) is 11.3 Å². The van der Waals surface area contributed by atoms with Crippen LogP contribution < -0.4 is 5.32 Å². The molecule has 1 heterocycles. The Morgan fingerprint density at radius 1 is 1.48 bits per heavy atom. The van der Waals surface area contributed by atoms with Crippen molar-refractivity contribution in [3.05, 3.63) is 29.8 Å². The molecule has 0 radical (unpaired) electrons. The number of anilines is 1. The van der Waals surface area contributed by atoms with Gasteiger partial charge in [-0.2, -0.15) is 5.26 Å². The number of carbonyl (C=O) groups excluding carboxylic acids is 1. The van der Waals surface area contributed by atoms with E-state index in [0.717, 1.165) is 19.4 Å². The molecule has 5 nitrogen and oxygen atoms in total. The van der Waals surface area contributed by atoms with Crippen molar-refractivity contribution >= 4 is 11.6 Å². The molecule has 1 aliphatic carbocycles. The second-order valence-electron chi connectivity index (χ2n) is 5.62. The summed E-state index contributed by atoms with van der Waals surface area (Å²) in [5, 5.41) is 11.7. The van der Waals surface area contributed by atoms with Crippen molar-refractivity contribution in [2.45, 2.75) is 31.4 Å². The van der Waals surface area contributed by atoms with Gasteiger partial charge < -0.3 is 10.1 Å². The van der Waals surface area contributed by atoms with Crippen LogP contribution in [0.15, 0.2) is 24.3 Å². The lowest BCUT2D eigenvalue weighted by atomic mass is 10.1. The molecule has 0 bridgehead atoms. The minimum absolute atomic E-state index is 0.0300. The maximum absolute atomic E-state index is 12.2. The summed E-state index contributed by atoms with van der Waals surface area (Å²) >= 11 is 0. The molecule has 3 rings (SSSR count). The average Bonchev–Trinajstić information content (AvgIpc) is 2.97. The molecule has 2 aliphatic rings. The molecule has 110 valence electrons. The fraction of sp³-hybridized carbons (Fsp3) is 0.500. The number of benzene rings is 1. The van der Waals surface area contributed by atoms with Gasteiger partial charge in [0.15, 0.2) is 0 Å². The summed E-state index contributed by atoms with van der Waals surface area (Å²) in [6, 6.07) is 9.45. The molecule has 2 unspecified atom stereocenters. The number of nitriles is 1. The lowest BCUT2D eigenvalue weighted by molar-refractivity contribution is -0.121. The van der Waals surface area contributed by atoms with E-state index in [0.29, 0.717) is 36.5 Å². The second-order valence-corrected chi connectivity index (χ2v) is 5.62. The first-order valence-corrected chi connectivity index (χ1v) is 7.42. The van der Waals surface area contributed by atoms with E-state index in [1.807, 2.05) is 0 Å². The molecule has 2 fully saturated rings. The second kappa shape index (κ2) is 6.25. The molecule has 0 aromatic heterocycles. The minimum atomic E-state index is -0.0300. The molecule has 1 N–H and O–H groups in total. The molecule has 0 spiro atoms. The highest BCUT2D eigenvalue weighted by Crippen LogP contribution is 2.29. The number of carbonyl (C=O) groups is 1. The van der Waals surface area contributed by atoms with Crippen molar-refractivity contribution in [3.8, 4) is 6.07 Å². The van der Waals surface area contributed by atoms with Crippen molar-refractivity contribution in [3.63, 3.8) is 0 Å². The minimum Gasteiger partial charge on any atom is -0.375 e. The number of hydrogen-bond donors (Lipinski definition) is 1. The lowest BCUT2D eigenvalue weighted by Gasteiger charge is -2.37. The Balaban J connectivity index is 1.59. The van der Waals surface area contributed by atoms with Gasteiger partial charge in [0.1, 0.15) is 0 Å². The molecule has 1 saturated heterocycles. The van der Waals surface area contributed by atoms with Gasteiger partial charge >= 0.3 is 0 Å². The third kappa shape index (κ3) is 3.23. The van der Waals surface area contributed by atoms with Crippen molar-refractivity contribution in [1.29, 1.82) is 5.26 Å². The number of nitrogens with one attached hydrogen (secondary N) is 1. The van der Waals surface area contributed by atoms with E-state index in [1.54, 1.807) is 24.3 Å². The fourth-order valence-electron chi connectivity index (χ4n) is 3.25. The number of fused-ring (bicyclic) bond motifs is 1. The first-order valence-electron chi connectivity index (χ1n) is 7.42. The van der Waals surface area contributed by atoms with Gasteiger partial charge in [-0.15, -0.1) is 0 Å². The van der Waals surface area contributed by atoms with Crippen molar-refractivity contribution in [1.82, 2.24) is 4.90 Å². The fourth-order valence-corrected chi connectivity index (χ4v) is 3.25. The van der Waals surface area contributed by atoms with Crippen LogP contribution >= 0.6 is 0 Å². The summed E-state index contributed by atoms with van der Waals surface area (Å²) in [4.78, 5) is 14.4. The van der Waals surface area contributed by atoms with E-state index in [9.17, 15) is 4.79 Å². The number of ether oxygens (including phenoxy) is 1. The normalized spacial score (nSPS) is 25.1. The topological polar surface area (TPSA) is 65.4 Å². The summed E-state index contributed by atoms with van der Waals surface area (Å²) in [7, 11) is 0. The van der Waals surface area contributed by atoms with Crippen LogP contribution in [0.3, 0.4) is 0 Å². The van der Waals surface area contributed by atoms with Gasteiger partial charge in [0, 0.05) is 18.3 Å². The zero-order valence-corrected chi connectivity index (χ0v) is 11.9. The van der Waals surface area contributed by atoms with Gasteiger partial charge in [0.05, 0.1) is 30.9 Å². The molecular formula is C16H19N3O2. The van der Waals surface area contributed by atoms with Crippen LogP contribution in [-0.4, -0.2) is 42.6 Å². The zero-order chi connectivity index (χ0) is 14.7. The quantitative estimate of drug-likeness (QED) is 0.919. The van der Waals surface area contributed by atoms with Gasteiger partial charge in [0.25, 0.3) is 0 Å². The molecule has 5 heteroatoms. The Bertz CT molecular complexity index is 567. The maximum atomic E-state index is 12.2. The molecule has 1 amide bonds. The van der Waals surface area contributed by atoms with Gasteiger partial charge in [-0.3, -0.25) is 9.69 Å². The summed E-state index contributed by atoms with van der Waals surface area (Å²) in [5.74, 6) is -0.0300. The third-order valence-corrected chi connectivity index (χ3v) is 4.22. The molecule has 1 aliphatic heterocycles. The van der Waals surface area contributed by atoms with Crippen LogP contribution in [0.5, 0.6) is 0 Å². The summed E-state index contributed by atoms with van der Waals surface area (Å²) in [5.41, 5.74) is 1.23. The van der Waals surface area contributed by atoms with Crippen LogP contribution in [0.1, 0.15) is 24.8 Å². The van der Waals surface area contributed by atoms with Gasteiger partial charge in [-0.1, -0.05) is 6.07 Å². The number of morpholine rings is 1. The Hall–Kier alpha value is -1.90. The Labute approximate surface area is 124 Å². The highest BCUT2D eigenvalue weighted by Gasteiger charge is 2.36. The van der Waals surface area contributed by atoms with Crippen molar-refractivity contribution in [2.24, 2.45) is 0 Å². The molecule has 2 atom stereocenters. The van der Waals surface area contributed by atoms with Gasteiger partial charge in [-0.25, -0.2) is 0 Å². The van der Waals surface area contributed by atoms with Crippen LogP contribution in [0.2, 0.25) is 0 Å². The highest BCUT2D eigenvalue weighted by molar-refractivity contribution is 5.92. The molecule has 21 heavy (non-hydrogen) atoms. The Kier molecular flexibility index (Phi) is 4.18. The molecular weight excluding hydrogens is 266 g/mol. The van der Waals surface area contributed by atoms with Crippen LogP contribution in [-0.2, 0) is 9.53 Å². The molecule has 1 aromatic rings. The third-order valence-electron chi connectivity index (χ3n) is 4.22. The van der Waals surface area contributed by atoms with Crippen molar-refractivity contribution in [2.75, 3.05) is 25.0 Å². The first kappa shape index (κ1) is 14.1. The van der Waals surface area contributed by atoms with E-state index >= 15 is 0 Å². The number of nitrogens with zero attached hydrogens (tertiary/aromatic N) is 2. The molecule has 1 saturated carbocycles. The average molecular weight is 285 g/mol. The summed E-state index contributed by atoms with van der Waals surface area (Å²) < 4.78 is 5.75. The lowest BCUT2D eigenvalue weighted by Crippen LogP contribution is -2.51. The van der Waals surface area contributed by atoms with E-state index < -0.39 is 0 Å². The smallest absolute Gasteiger partial charge is 0.238 e. The maximum Gasteiger partial charge on any atom is 0.238 e. The Morgan fingerprint density at radius 2 is 2.38 bits per heavy atom.